The summed E-state index contributed by atoms with van der Waals surface area (Å²) in [6.45, 7) is 4.65. The maximum absolute atomic E-state index is 12.8. The molecule has 0 aliphatic heterocycles. The molecule has 1 aliphatic carbocycles. The van der Waals surface area contributed by atoms with Crippen molar-refractivity contribution in [2.24, 2.45) is 0 Å². The summed E-state index contributed by atoms with van der Waals surface area (Å²) in [7, 11) is 0. The van der Waals surface area contributed by atoms with E-state index in [2.05, 4.69) is 44.8 Å². The molecule has 0 saturated heterocycles. The average Bonchev–Trinajstić information content (AvgIpc) is 3.20. The Hall–Kier alpha value is -2.76. The highest BCUT2D eigenvalue weighted by Crippen LogP contribution is 2.29. The Morgan fingerprint density at radius 1 is 1.35 bits per heavy atom. The van der Waals surface area contributed by atoms with Crippen LogP contribution in [0.2, 0.25) is 0 Å². The molecule has 1 aromatic carbocycles. The molecule has 26 heavy (non-hydrogen) atoms. The van der Waals surface area contributed by atoms with Gasteiger partial charge in [-0.3, -0.25) is 5.10 Å². The summed E-state index contributed by atoms with van der Waals surface area (Å²) in [4.78, 5) is 18.0. The number of nitrogens with one attached hydrogen (secondary N) is 3. The molecule has 3 aromatic rings. The summed E-state index contributed by atoms with van der Waals surface area (Å²) >= 11 is 0. The summed E-state index contributed by atoms with van der Waals surface area (Å²) < 4.78 is 0. The van der Waals surface area contributed by atoms with E-state index in [0.717, 1.165) is 41.7 Å². The molecule has 0 radical (unpaired) electrons. The molecule has 0 unspecified atom stereocenters. The van der Waals surface area contributed by atoms with Crippen LogP contribution in [0.25, 0.3) is 10.9 Å². The first-order valence-electron chi connectivity index (χ1n) is 9.22. The molecule has 1 fully saturated rings. The van der Waals surface area contributed by atoms with Crippen LogP contribution in [0.4, 0.5) is 4.79 Å². The molecule has 4 rings (SSSR count). The van der Waals surface area contributed by atoms with Crippen LogP contribution >= 0.6 is 0 Å². The maximum Gasteiger partial charge on any atom is 0.318 e. The highest BCUT2D eigenvalue weighted by atomic mass is 16.2. The van der Waals surface area contributed by atoms with Gasteiger partial charge in [-0.25, -0.2) is 4.79 Å². The van der Waals surface area contributed by atoms with E-state index in [1.165, 1.54) is 5.39 Å². The summed E-state index contributed by atoms with van der Waals surface area (Å²) in [6.07, 6.45) is 4.85. The standard InChI is InChI=1S/C20H25N5O/c1-13(9-17-10-14(2)23-24-17)22-20(26)25(18-4-5-18)12-15-3-6-19-16(11-15)7-8-21-19/h3,6-8,10-11,13,18,21H,4-5,9,12H2,1-2H3,(H,22,26)(H,23,24)/t13-/m1/s1. The van der Waals surface area contributed by atoms with Gasteiger partial charge in [0.05, 0.1) is 5.69 Å². The number of carbonyl (C=O) groups excluding carboxylic acids is 1. The SMILES string of the molecule is Cc1cc(C[C@@H](C)NC(=O)N(Cc2ccc3[nH]ccc3c2)C2CC2)n[nH]1. The minimum Gasteiger partial charge on any atom is -0.361 e. The minimum atomic E-state index is 0.0152. The lowest BCUT2D eigenvalue weighted by molar-refractivity contribution is 0.188. The van der Waals surface area contributed by atoms with Gasteiger partial charge in [0.2, 0.25) is 0 Å². The van der Waals surface area contributed by atoms with Crippen LogP contribution in [0.1, 0.15) is 36.7 Å². The number of urea groups is 1. The summed E-state index contributed by atoms with van der Waals surface area (Å²) in [6, 6.07) is 10.8. The van der Waals surface area contributed by atoms with E-state index in [0.29, 0.717) is 12.6 Å². The molecule has 0 spiro atoms. The Bertz CT molecular complexity index is 908. The van der Waals surface area contributed by atoms with E-state index in [4.69, 9.17) is 0 Å². The maximum atomic E-state index is 12.8. The van der Waals surface area contributed by atoms with Gasteiger partial charge in [0.25, 0.3) is 0 Å². The molecule has 0 bridgehead atoms. The predicted octanol–water partition coefficient (Wildman–Crippen LogP) is 3.50. The lowest BCUT2D eigenvalue weighted by Gasteiger charge is -2.25. The highest BCUT2D eigenvalue weighted by Gasteiger charge is 2.33. The van der Waals surface area contributed by atoms with Crippen molar-refractivity contribution in [2.75, 3.05) is 0 Å². The summed E-state index contributed by atoms with van der Waals surface area (Å²) in [5.41, 5.74) is 4.30. The zero-order valence-electron chi connectivity index (χ0n) is 15.2. The largest absolute Gasteiger partial charge is 0.361 e. The number of H-pyrrole nitrogens is 2. The number of rotatable bonds is 6. The van der Waals surface area contributed by atoms with Crippen molar-refractivity contribution in [3.63, 3.8) is 0 Å². The van der Waals surface area contributed by atoms with E-state index in [9.17, 15) is 4.79 Å². The van der Waals surface area contributed by atoms with Gasteiger partial charge in [-0.05, 0) is 61.9 Å². The fourth-order valence-corrected chi connectivity index (χ4v) is 3.39. The Balaban J connectivity index is 1.41. The van der Waals surface area contributed by atoms with E-state index in [-0.39, 0.29) is 12.1 Å². The second-order valence-electron chi connectivity index (χ2n) is 7.36. The fraction of sp³-hybridized carbons (Fsp3) is 0.400. The first-order chi connectivity index (χ1) is 12.6. The van der Waals surface area contributed by atoms with Crippen molar-refractivity contribution in [2.45, 2.75) is 51.7 Å². The van der Waals surface area contributed by atoms with E-state index in [1.54, 1.807) is 0 Å². The van der Waals surface area contributed by atoms with Crippen LogP contribution in [0.3, 0.4) is 0 Å². The number of hydrogen-bond acceptors (Lipinski definition) is 2. The van der Waals surface area contributed by atoms with Gasteiger partial charge in [-0.1, -0.05) is 6.07 Å². The highest BCUT2D eigenvalue weighted by molar-refractivity contribution is 5.80. The second-order valence-corrected chi connectivity index (χ2v) is 7.36. The number of benzene rings is 1. The van der Waals surface area contributed by atoms with E-state index in [1.807, 2.05) is 31.0 Å². The van der Waals surface area contributed by atoms with Crippen LogP contribution < -0.4 is 5.32 Å². The molecule has 2 aromatic heterocycles. The third-order valence-corrected chi connectivity index (χ3v) is 4.86. The molecule has 3 N–H and O–H groups in total. The summed E-state index contributed by atoms with van der Waals surface area (Å²) in [5, 5.41) is 11.5. The van der Waals surface area contributed by atoms with Gasteiger partial charge in [-0.15, -0.1) is 0 Å². The molecule has 2 amide bonds. The van der Waals surface area contributed by atoms with Crippen LogP contribution in [0.5, 0.6) is 0 Å². The Labute approximate surface area is 153 Å². The van der Waals surface area contributed by atoms with Crippen molar-refractivity contribution >= 4 is 16.9 Å². The Kier molecular flexibility index (Phi) is 4.41. The number of amides is 2. The molecule has 6 heteroatoms. The van der Waals surface area contributed by atoms with Crippen LogP contribution in [-0.2, 0) is 13.0 Å². The quantitative estimate of drug-likeness (QED) is 0.636. The molecule has 2 heterocycles. The van der Waals surface area contributed by atoms with Crippen LogP contribution in [0, 0.1) is 6.92 Å². The zero-order chi connectivity index (χ0) is 18.1. The molecule has 1 aliphatic rings. The Morgan fingerprint density at radius 3 is 2.92 bits per heavy atom. The fourth-order valence-electron chi connectivity index (χ4n) is 3.39. The number of aryl methyl sites for hydroxylation is 1. The summed E-state index contributed by atoms with van der Waals surface area (Å²) in [5.74, 6) is 0. The smallest absolute Gasteiger partial charge is 0.318 e. The van der Waals surface area contributed by atoms with Gasteiger partial charge in [0.1, 0.15) is 0 Å². The molecular formula is C20H25N5O. The lowest BCUT2D eigenvalue weighted by Crippen LogP contribution is -2.45. The first-order valence-corrected chi connectivity index (χ1v) is 9.22. The Morgan fingerprint density at radius 2 is 2.19 bits per heavy atom. The van der Waals surface area contributed by atoms with Gasteiger partial charge >= 0.3 is 6.03 Å². The van der Waals surface area contributed by atoms with E-state index >= 15 is 0 Å². The third-order valence-electron chi connectivity index (χ3n) is 4.86. The van der Waals surface area contributed by atoms with Gasteiger partial charge in [0, 0.05) is 42.5 Å². The van der Waals surface area contributed by atoms with Crippen molar-refractivity contribution in [1.29, 1.82) is 0 Å². The number of aromatic amines is 2. The van der Waals surface area contributed by atoms with Crippen molar-refractivity contribution in [1.82, 2.24) is 25.4 Å². The number of aromatic nitrogens is 3. The molecule has 1 atom stereocenters. The molecule has 6 nitrogen and oxygen atoms in total. The third kappa shape index (κ3) is 3.74. The van der Waals surface area contributed by atoms with E-state index < -0.39 is 0 Å². The first kappa shape index (κ1) is 16.7. The monoisotopic (exact) mass is 351 g/mol. The second kappa shape index (κ2) is 6.86. The molecule has 1 saturated carbocycles. The van der Waals surface area contributed by atoms with Gasteiger partial charge in [0.15, 0.2) is 0 Å². The van der Waals surface area contributed by atoms with Crippen LogP contribution in [-0.4, -0.2) is 38.2 Å². The molecular weight excluding hydrogens is 326 g/mol. The van der Waals surface area contributed by atoms with Crippen LogP contribution in [0.15, 0.2) is 36.5 Å². The van der Waals surface area contributed by atoms with Crippen molar-refractivity contribution in [3.8, 4) is 0 Å². The average molecular weight is 351 g/mol. The molecule has 136 valence electrons. The number of hydrogen-bond donors (Lipinski definition) is 3. The van der Waals surface area contributed by atoms with Gasteiger partial charge in [-0.2, -0.15) is 5.10 Å². The van der Waals surface area contributed by atoms with Crippen molar-refractivity contribution in [3.05, 3.63) is 53.5 Å². The predicted molar refractivity (Wildman–Crippen MR) is 102 cm³/mol. The topological polar surface area (TPSA) is 76.8 Å². The number of nitrogens with zero attached hydrogens (tertiary/aromatic N) is 2. The number of fused-ring (bicyclic) bond motifs is 1. The zero-order valence-corrected chi connectivity index (χ0v) is 15.2. The number of carbonyl (C=O) groups is 1. The van der Waals surface area contributed by atoms with Gasteiger partial charge < -0.3 is 15.2 Å². The lowest BCUT2D eigenvalue weighted by atomic mass is 10.1. The van der Waals surface area contributed by atoms with Crippen molar-refractivity contribution < 1.29 is 4.79 Å². The minimum absolute atomic E-state index is 0.0152. The normalized spacial score (nSPS) is 15.2.